The van der Waals surface area contributed by atoms with Crippen LogP contribution in [-0.2, 0) is 6.42 Å². The molecule has 0 fully saturated rings. The fourth-order valence-corrected chi connectivity index (χ4v) is 3.26. The minimum atomic E-state index is 0.761. The molecule has 0 aliphatic heterocycles. The van der Waals surface area contributed by atoms with Gasteiger partial charge in [0.05, 0.1) is 21.3 Å². The maximum atomic E-state index is 5.72. The zero-order valence-electron chi connectivity index (χ0n) is 15.4. The fourth-order valence-electron chi connectivity index (χ4n) is 3.26. The maximum absolute atomic E-state index is 5.72. The molecule has 0 spiro atoms. The van der Waals surface area contributed by atoms with Crippen LogP contribution in [0, 0.1) is 0 Å². The molecular weight excluding hydrogens is 302 g/mol. The van der Waals surface area contributed by atoms with E-state index in [0.717, 1.165) is 46.4 Å². The van der Waals surface area contributed by atoms with Crippen LogP contribution in [0.25, 0.3) is 10.8 Å². The molecular formula is C20H29NO3. The molecule has 0 aliphatic rings. The summed E-state index contributed by atoms with van der Waals surface area (Å²) < 4.78 is 17.0. The van der Waals surface area contributed by atoms with Crippen LogP contribution in [0.5, 0.6) is 17.2 Å². The van der Waals surface area contributed by atoms with Gasteiger partial charge >= 0.3 is 0 Å². The van der Waals surface area contributed by atoms with Crippen molar-refractivity contribution >= 4 is 10.8 Å². The van der Waals surface area contributed by atoms with Crippen LogP contribution in [0.4, 0.5) is 0 Å². The SMILES string of the molecule is CCCCCCCCc1c(OC)c(OC)c2ccncc2c1OC. The first-order chi connectivity index (χ1) is 11.8. The van der Waals surface area contributed by atoms with Gasteiger partial charge in [-0.1, -0.05) is 39.0 Å². The number of fused-ring (bicyclic) bond motifs is 1. The van der Waals surface area contributed by atoms with Crippen molar-refractivity contribution in [2.24, 2.45) is 0 Å². The first-order valence-electron chi connectivity index (χ1n) is 8.82. The zero-order chi connectivity index (χ0) is 17.4. The van der Waals surface area contributed by atoms with Gasteiger partial charge in [-0.2, -0.15) is 0 Å². The van der Waals surface area contributed by atoms with Crippen molar-refractivity contribution in [1.29, 1.82) is 0 Å². The summed E-state index contributed by atoms with van der Waals surface area (Å²) in [6.45, 7) is 2.24. The third-order valence-corrected chi connectivity index (χ3v) is 4.46. The quantitative estimate of drug-likeness (QED) is 0.564. The first-order valence-corrected chi connectivity index (χ1v) is 8.82. The van der Waals surface area contributed by atoms with E-state index in [9.17, 15) is 0 Å². The molecule has 1 aromatic heterocycles. The molecule has 2 rings (SSSR count). The van der Waals surface area contributed by atoms with E-state index in [4.69, 9.17) is 14.2 Å². The number of hydrogen-bond donors (Lipinski definition) is 0. The Morgan fingerprint density at radius 2 is 1.46 bits per heavy atom. The van der Waals surface area contributed by atoms with Crippen molar-refractivity contribution in [3.63, 3.8) is 0 Å². The molecule has 0 amide bonds. The van der Waals surface area contributed by atoms with Gasteiger partial charge in [0, 0.05) is 28.7 Å². The zero-order valence-corrected chi connectivity index (χ0v) is 15.4. The molecule has 0 saturated carbocycles. The topological polar surface area (TPSA) is 40.6 Å². The summed E-state index contributed by atoms with van der Waals surface area (Å²) in [7, 11) is 5.08. The van der Waals surface area contributed by atoms with Crippen LogP contribution in [-0.4, -0.2) is 26.3 Å². The molecule has 0 N–H and O–H groups in total. The highest BCUT2D eigenvalue weighted by molar-refractivity contribution is 5.96. The van der Waals surface area contributed by atoms with Crippen LogP contribution < -0.4 is 14.2 Å². The van der Waals surface area contributed by atoms with E-state index in [1.54, 1.807) is 27.5 Å². The van der Waals surface area contributed by atoms with Crippen molar-refractivity contribution in [3.8, 4) is 17.2 Å². The maximum Gasteiger partial charge on any atom is 0.169 e. The summed E-state index contributed by atoms with van der Waals surface area (Å²) in [5.74, 6) is 2.39. The lowest BCUT2D eigenvalue weighted by molar-refractivity contribution is 0.347. The largest absolute Gasteiger partial charge is 0.496 e. The highest BCUT2D eigenvalue weighted by atomic mass is 16.5. The van der Waals surface area contributed by atoms with Crippen LogP contribution in [0.15, 0.2) is 18.5 Å². The number of unbranched alkanes of at least 4 members (excludes halogenated alkanes) is 5. The van der Waals surface area contributed by atoms with Gasteiger partial charge in [-0.3, -0.25) is 4.98 Å². The molecule has 0 aliphatic carbocycles. The molecule has 0 bridgehead atoms. The lowest BCUT2D eigenvalue weighted by atomic mass is 9.99. The van der Waals surface area contributed by atoms with Crippen molar-refractivity contribution in [3.05, 3.63) is 24.0 Å². The van der Waals surface area contributed by atoms with Gasteiger partial charge in [0.25, 0.3) is 0 Å². The molecule has 4 nitrogen and oxygen atoms in total. The Kier molecular flexibility index (Phi) is 7.16. The highest BCUT2D eigenvalue weighted by Crippen LogP contribution is 2.45. The van der Waals surface area contributed by atoms with Crippen molar-refractivity contribution in [2.75, 3.05) is 21.3 Å². The Morgan fingerprint density at radius 3 is 2.12 bits per heavy atom. The van der Waals surface area contributed by atoms with Gasteiger partial charge < -0.3 is 14.2 Å². The van der Waals surface area contributed by atoms with E-state index in [1.807, 2.05) is 12.3 Å². The summed E-state index contributed by atoms with van der Waals surface area (Å²) >= 11 is 0. The van der Waals surface area contributed by atoms with Crippen molar-refractivity contribution in [1.82, 2.24) is 4.98 Å². The number of rotatable bonds is 10. The molecule has 4 heteroatoms. The lowest BCUT2D eigenvalue weighted by Gasteiger charge is -2.19. The Labute approximate surface area is 145 Å². The Morgan fingerprint density at radius 1 is 0.792 bits per heavy atom. The van der Waals surface area contributed by atoms with Gasteiger partial charge in [-0.15, -0.1) is 0 Å². The first kappa shape index (κ1) is 18.4. The third-order valence-electron chi connectivity index (χ3n) is 4.46. The Balaban J connectivity index is 2.32. The highest BCUT2D eigenvalue weighted by Gasteiger charge is 2.21. The minimum absolute atomic E-state index is 0.761. The minimum Gasteiger partial charge on any atom is -0.496 e. The second-order valence-corrected chi connectivity index (χ2v) is 6.02. The van der Waals surface area contributed by atoms with Crippen LogP contribution in [0.3, 0.4) is 0 Å². The molecule has 2 aromatic rings. The molecule has 1 heterocycles. The van der Waals surface area contributed by atoms with E-state index >= 15 is 0 Å². The van der Waals surface area contributed by atoms with Gasteiger partial charge in [0.2, 0.25) is 0 Å². The third kappa shape index (κ3) is 3.92. The second-order valence-electron chi connectivity index (χ2n) is 6.02. The molecule has 0 radical (unpaired) electrons. The van der Waals surface area contributed by atoms with E-state index in [-0.39, 0.29) is 0 Å². The lowest BCUT2D eigenvalue weighted by Crippen LogP contribution is -2.02. The summed E-state index contributed by atoms with van der Waals surface area (Å²) in [6, 6.07) is 1.94. The second kappa shape index (κ2) is 9.36. The molecule has 24 heavy (non-hydrogen) atoms. The summed E-state index contributed by atoms with van der Waals surface area (Å²) in [6.07, 6.45) is 12.0. The summed E-state index contributed by atoms with van der Waals surface area (Å²) in [5, 5.41) is 1.94. The Bertz CT molecular complexity index is 655. The summed E-state index contributed by atoms with van der Waals surface area (Å²) in [5.41, 5.74) is 1.08. The van der Waals surface area contributed by atoms with Gasteiger partial charge in [0.15, 0.2) is 11.5 Å². The molecule has 0 saturated heterocycles. The van der Waals surface area contributed by atoms with Gasteiger partial charge in [0.1, 0.15) is 5.75 Å². The molecule has 1 aromatic carbocycles. The predicted molar refractivity (Wildman–Crippen MR) is 98.5 cm³/mol. The average molecular weight is 331 g/mol. The van der Waals surface area contributed by atoms with E-state index < -0.39 is 0 Å². The Hall–Kier alpha value is -1.97. The van der Waals surface area contributed by atoms with Crippen molar-refractivity contribution in [2.45, 2.75) is 51.9 Å². The summed E-state index contributed by atoms with van der Waals surface area (Å²) in [4.78, 5) is 4.25. The average Bonchev–Trinajstić information content (AvgIpc) is 2.63. The van der Waals surface area contributed by atoms with Gasteiger partial charge in [-0.25, -0.2) is 0 Å². The molecule has 132 valence electrons. The number of aromatic nitrogens is 1. The number of pyridine rings is 1. The number of nitrogens with zero attached hydrogens (tertiary/aromatic N) is 1. The van der Waals surface area contributed by atoms with E-state index in [1.165, 1.54) is 32.1 Å². The van der Waals surface area contributed by atoms with Gasteiger partial charge in [-0.05, 0) is 18.9 Å². The fraction of sp³-hybridized carbons (Fsp3) is 0.550. The number of methoxy groups -OCH3 is 3. The van der Waals surface area contributed by atoms with Crippen LogP contribution in [0.1, 0.15) is 51.0 Å². The normalized spacial score (nSPS) is 10.8. The van der Waals surface area contributed by atoms with Crippen molar-refractivity contribution < 1.29 is 14.2 Å². The smallest absolute Gasteiger partial charge is 0.169 e. The van der Waals surface area contributed by atoms with E-state index in [0.29, 0.717) is 0 Å². The van der Waals surface area contributed by atoms with E-state index in [2.05, 4.69) is 11.9 Å². The predicted octanol–water partition coefficient (Wildman–Crippen LogP) is 5.16. The standard InChI is InChI=1S/C20H29NO3/c1-5-6-7-8-9-10-11-16-18(22-2)17-14-21-13-12-15(17)19(23-3)20(16)24-4/h12-14H,5-11H2,1-4H3. The number of benzene rings is 1. The molecule has 0 atom stereocenters. The van der Waals surface area contributed by atoms with Crippen LogP contribution in [0.2, 0.25) is 0 Å². The number of ether oxygens (including phenoxy) is 3. The van der Waals surface area contributed by atoms with Crippen LogP contribution >= 0.6 is 0 Å². The monoisotopic (exact) mass is 331 g/mol. The molecule has 0 unspecified atom stereocenters. The number of hydrogen-bond acceptors (Lipinski definition) is 4.